The number of fused-ring (bicyclic) bond motifs is 1. The topological polar surface area (TPSA) is 72.2 Å². The average Bonchev–Trinajstić information content (AvgIpc) is 2.94. The number of benzene rings is 1. The van der Waals surface area contributed by atoms with E-state index in [0.29, 0.717) is 17.0 Å². The molecular weight excluding hydrogens is 268 g/mol. The van der Waals surface area contributed by atoms with E-state index in [1.54, 1.807) is 18.2 Å². The van der Waals surface area contributed by atoms with Crippen LogP contribution in [-0.4, -0.2) is 26.4 Å². The molecular formula is C13H9ClN2O3. The van der Waals surface area contributed by atoms with Crippen LogP contribution in [0.2, 0.25) is 5.02 Å². The highest BCUT2D eigenvalue weighted by Crippen LogP contribution is 2.32. The fourth-order valence-electron chi connectivity index (χ4n) is 2.41. The highest BCUT2D eigenvalue weighted by Gasteiger charge is 2.33. The second kappa shape index (κ2) is 4.20. The zero-order valence-corrected chi connectivity index (χ0v) is 10.5. The molecule has 1 atom stereocenters. The van der Waals surface area contributed by atoms with Crippen molar-refractivity contribution in [1.29, 1.82) is 0 Å². The summed E-state index contributed by atoms with van der Waals surface area (Å²) in [5, 5.41) is 9.61. The van der Waals surface area contributed by atoms with Crippen molar-refractivity contribution >= 4 is 23.4 Å². The lowest BCUT2D eigenvalue weighted by molar-refractivity contribution is 0.0675. The second-order valence-electron chi connectivity index (χ2n) is 4.35. The molecule has 1 unspecified atom stereocenters. The van der Waals surface area contributed by atoms with Gasteiger partial charge in [0, 0.05) is 29.4 Å². The fraction of sp³-hybridized carbons (Fsp3) is 0.154. The van der Waals surface area contributed by atoms with E-state index in [2.05, 4.69) is 4.98 Å². The van der Waals surface area contributed by atoms with Crippen molar-refractivity contribution < 1.29 is 14.7 Å². The first-order chi connectivity index (χ1) is 9.08. The number of Topliss-reactive ketones (excluding diaryl/α,β-unsaturated/α-hetero) is 1. The Balaban J connectivity index is 2.04. The Morgan fingerprint density at radius 2 is 2.26 bits per heavy atom. The van der Waals surface area contributed by atoms with E-state index in [9.17, 15) is 9.59 Å². The number of hydrogen-bond acceptors (Lipinski definition) is 3. The largest absolute Gasteiger partial charge is 0.475 e. The monoisotopic (exact) mass is 276 g/mol. The minimum absolute atomic E-state index is 0.104. The molecule has 0 fully saturated rings. The van der Waals surface area contributed by atoms with Crippen molar-refractivity contribution in [2.75, 3.05) is 0 Å². The molecule has 0 saturated carbocycles. The number of aromatic nitrogens is 2. The van der Waals surface area contributed by atoms with Gasteiger partial charge in [-0.05, 0) is 23.8 Å². The van der Waals surface area contributed by atoms with Crippen LogP contribution in [-0.2, 0) is 6.42 Å². The number of carbonyl (C=O) groups is 2. The number of halogens is 1. The van der Waals surface area contributed by atoms with Gasteiger partial charge in [-0.3, -0.25) is 4.79 Å². The number of carboxylic acid groups (broad SMARTS) is 1. The zero-order chi connectivity index (χ0) is 13.6. The van der Waals surface area contributed by atoms with Gasteiger partial charge in [0.05, 0.1) is 0 Å². The summed E-state index contributed by atoms with van der Waals surface area (Å²) in [6.45, 7) is 0. The van der Waals surface area contributed by atoms with E-state index >= 15 is 0 Å². The molecule has 0 bridgehead atoms. The number of hydrogen-bond donors (Lipinski definition) is 1. The Kier molecular flexibility index (Phi) is 2.64. The van der Waals surface area contributed by atoms with Crippen LogP contribution in [0.1, 0.15) is 32.6 Å². The van der Waals surface area contributed by atoms with Crippen LogP contribution in [0.3, 0.4) is 0 Å². The van der Waals surface area contributed by atoms with Gasteiger partial charge in [-0.2, -0.15) is 0 Å². The molecule has 0 amide bonds. The quantitative estimate of drug-likeness (QED) is 0.913. The standard InChI is InChI=1S/C13H9ClN2O3/c14-8-1-2-9-7(5-8)6-10(11(9)17)16-4-3-15-12(16)13(18)19/h1-5,10H,6H2,(H,18,19). The minimum Gasteiger partial charge on any atom is -0.475 e. The summed E-state index contributed by atoms with van der Waals surface area (Å²) >= 11 is 5.90. The Labute approximate surface area is 113 Å². The van der Waals surface area contributed by atoms with Crippen molar-refractivity contribution in [2.45, 2.75) is 12.5 Å². The van der Waals surface area contributed by atoms with Crippen LogP contribution in [0.4, 0.5) is 0 Å². The third-order valence-corrected chi connectivity index (χ3v) is 3.48. The van der Waals surface area contributed by atoms with Gasteiger partial charge in [0.15, 0.2) is 5.78 Å². The predicted molar refractivity (Wildman–Crippen MR) is 67.7 cm³/mol. The molecule has 1 N–H and O–H groups in total. The highest BCUT2D eigenvalue weighted by molar-refractivity contribution is 6.30. The van der Waals surface area contributed by atoms with Gasteiger partial charge >= 0.3 is 5.97 Å². The number of carbonyl (C=O) groups excluding carboxylic acids is 1. The van der Waals surface area contributed by atoms with Gasteiger partial charge in [0.25, 0.3) is 0 Å². The molecule has 6 heteroatoms. The van der Waals surface area contributed by atoms with Gasteiger partial charge in [-0.1, -0.05) is 11.6 Å². The molecule has 3 rings (SSSR count). The third kappa shape index (κ3) is 1.82. The molecule has 5 nitrogen and oxygen atoms in total. The summed E-state index contributed by atoms with van der Waals surface area (Å²) in [4.78, 5) is 27.1. The molecule has 0 radical (unpaired) electrons. The van der Waals surface area contributed by atoms with Crippen molar-refractivity contribution in [2.24, 2.45) is 0 Å². The average molecular weight is 277 g/mol. The number of ketones is 1. The molecule has 1 aromatic heterocycles. The van der Waals surface area contributed by atoms with Crippen LogP contribution in [0.5, 0.6) is 0 Å². The lowest BCUT2D eigenvalue weighted by Gasteiger charge is -2.11. The summed E-state index contributed by atoms with van der Waals surface area (Å²) in [6.07, 6.45) is 3.33. The van der Waals surface area contributed by atoms with Crippen LogP contribution in [0.15, 0.2) is 30.6 Å². The van der Waals surface area contributed by atoms with Gasteiger partial charge in [-0.25, -0.2) is 9.78 Å². The second-order valence-corrected chi connectivity index (χ2v) is 4.79. The van der Waals surface area contributed by atoms with E-state index < -0.39 is 12.0 Å². The smallest absolute Gasteiger partial charge is 0.372 e. The Bertz CT molecular complexity index is 693. The first-order valence-corrected chi connectivity index (χ1v) is 6.04. The Morgan fingerprint density at radius 1 is 1.47 bits per heavy atom. The predicted octanol–water partition coefficient (Wildman–Crippen LogP) is 2.21. The normalized spacial score (nSPS) is 17.5. The molecule has 0 aliphatic heterocycles. The first-order valence-electron chi connectivity index (χ1n) is 5.66. The van der Waals surface area contributed by atoms with E-state index in [-0.39, 0.29) is 11.6 Å². The molecule has 0 saturated heterocycles. The van der Waals surface area contributed by atoms with E-state index in [4.69, 9.17) is 16.7 Å². The van der Waals surface area contributed by atoms with Crippen LogP contribution < -0.4 is 0 Å². The molecule has 0 spiro atoms. The molecule has 1 heterocycles. The van der Waals surface area contributed by atoms with E-state index in [1.807, 2.05) is 0 Å². The first kappa shape index (κ1) is 11.9. The van der Waals surface area contributed by atoms with Crippen molar-refractivity contribution in [3.63, 3.8) is 0 Å². The van der Waals surface area contributed by atoms with Crippen LogP contribution >= 0.6 is 11.6 Å². The lowest BCUT2D eigenvalue weighted by atomic mass is 10.1. The summed E-state index contributed by atoms with van der Waals surface area (Å²) in [7, 11) is 0. The zero-order valence-electron chi connectivity index (χ0n) is 9.71. The van der Waals surface area contributed by atoms with Gasteiger partial charge < -0.3 is 9.67 Å². The van der Waals surface area contributed by atoms with Crippen molar-refractivity contribution in [3.05, 3.63) is 52.6 Å². The lowest BCUT2D eigenvalue weighted by Crippen LogP contribution is -2.19. The van der Waals surface area contributed by atoms with Crippen LogP contribution in [0.25, 0.3) is 0 Å². The third-order valence-electron chi connectivity index (χ3n) is 3.24. The summed E-state index contributed by atoms with van der Waals surface area (Å²) in [5.41, 5.74) is 1.44. The van der Waals surface area contributed by atoms with Crippen molar-refractivity contribution in [1.82, 2.24) is 9.55 Å². The maximum atomic E-state index is 12.3. The Hall–Kier alpha value is -2.14. The van der Waals surface area contributed by atoms with Gasteiger partial charge in [0.1, 0.15) is 6.04 Å². The molecule has 1 aliphatic carbocycles. The number of aromatic carboxylic acids is 1. The van der Waals surface area contributed by atoms with E-state index in [0.717, 1.165) is 5.56 Å². The maximum Gasteiger partial charge on any atom is 0.372 e. The molecule has 96 valence electrons. The molecule has 19 heavy (non-hydrogen) atoms. The number of imidazole rings is 1. The summed E-state index contributed by atoms with van der Waals surface area (Å²) in [6, 6.07) is 4.53. The van der Waals surface area contributed by atoms with Gasteiger partial charge in [-0.15, -0.1) is 0 Å². The number of nitrogens with zero attached hydrogens (tertiary/aromatic N) is 2. The Morgan fingerprint density at radius 3 is 3.00 bits per heavy atom. The molecule has 2 aromatic rings. The SMILES string of the molecule is O=C(O)c1nccn1C1Cc2cc(Cl)ccc2C1=O. The molecule has 1 aromatic carbocycles. The number of rotatable bonds is 2. The fourth-order valence-corrected chi connectivity index (χ4v) is 2.60. The highest BCUT2D eigenvalue weighted by atomic mass is 35.5. The maximum absolute atomic E-state index is 12.3. The van der Waals surface area contributed by atoms with Crippen LogP contribution in [0, 0.1) is 0 Å². The minimum atomic E-state index is -1.15. The van der Waals surface area contributed by atoms with Gasteiger partial charge in [0.2, 0.25) is 5.82 Å². The van der Waals surface area contributed by atoms with E-state index in [1.165, 1.54) is 17.0 Å². The summed E-state index contributed by atoms with van der Waals surface area (Å²) in [5.74, 6) is -1.38. The molecule has 1 aliphatic rings. The number of carboxylic acids is 1. The summed E-state index contributed by atoms with van der Waals surface area (Å²) < 4.78 is 1.40. The van der Waals surface area contributed by atoms with Crippen molar-refractivity contribution in [3.8, 4) is 0 Å².